The Kier molecular flexibility index (Phi) is 8.31. The van der Waals surface area contributed by atoms with Gasteiger partial charge in [0.1, 0.15) is 5.70 Å². The molecule has 222 valence electrons. The second kappa shape index (κ2) is 11.8. The molecule has 42 heavy (non-hydrogen) atoms. The van der Waals surface area contributed by atoms with E-state index in [9.17, 15) is 34.5 Å². The van der Waals surface area contributed by atoms with Crippen molar-refractivity contribution in [1.82, 2.24) is 9.80 Å². The van der Waals surface area contributed by atoms with Crippen LogP contribution in [0.1, 0.15) is 36.2 Å². The van der Waals surface area contributed by atoms with E-state index >= 15 is 0 Å². The van der Waals surface area contributed by atoms with Crippen LogP contribution >= 0.6 is 11.8 Å². The van der Waals surface area contributed by atoms with E-state index in [0.717, 1.165) is 11.3 Å². The van der Waals surface area contributed by atoms with E-state index in [-0.39, 0.29) is 34.2 Å². The first kappa shape index (κ1) is 29.6. The molecule has 3 aliphatic heterocycles. The molecule has 12 heteroatoms. The average Bonchev–Trinajstić information content (AvgIpc) is 3.45. The molecule has 6 atom stereocenters. The van der Waals surface area contributed by atoms with Gasteiger partial charge in [-0.25, -0.2) is 9.59 Å². The Hall–Kier alpha value is -3.87. The van der Waals surface area contributed by atoms with E-state index in [1.54, 1.807) is 19.1 Å². The third-order valence-electron chi connectivity index (χ3n) is 8.28. The minimum Gasteiger partial charge on any atom is -0.478 e. The van der Waals surface area contributed by atoms with Crippen LogP contribution < -0.4 is 10.6 Å². The summed E-state index contributed by atoms with van der Waals surface area (Å²) in [5.74, 6) is -3.86. The number of aliphatic carboxylic acids is 1. The van der Waals surface area contributed by atoms with E-state index in [4.69, 9.17) is 0 Å². The lowest BCUT2D eigenvalue weighted by atomic mass is 9.79. The molecule has 2 aromatic carbocycles. The molecule has 3 heterocycles. The topological polar surface area (TPSA) is 160 Å². The third kappa shape index (κ3) is 5.49. The van der Waals surface area contributed by atoms with Crippen molar-refractivity contribution in [2.24, 2.45) is 11.8 Å². The third-order valence-corrected chi connectivity index (χ3v) is 9.77. The lowest BCUT2D eigenvalue weighted by Gasteiger charge is -2.46. The molecule has 0 bridgehead atoms. The van der Waals surface area contributed by atoms with Gasteiger partial charge in [-0.05, 0) is 49.2 Å². The van der Waals surface area contributed by atoms with Gasteiger partial charge in [0.2, 0.25) is 11.8 Å². The zero-order chi connectivity index (χ0) is 30.3. The Balaban J connectivity index is 1.39. The summed E-state index contributed by atoms with van der Waals surface area (Å²) in [7, 11) is 1.83. The average molecular weight is 595 g/mol. The fourth-order valence-electron chi connectivity index (χ4n) is 6.22. The smallest absolute Gasteiger partial charge is 0.353 e. The number of rotatable bonds is 10. The largest absolute Gasteiger partial charge is 0.478 e. The first-order chi connectivity index (χ1) is 20.0. The first-order valence-corrected chi connectivity index (χ1v) is 14.7. The number of aliphatic hydroxyl groups is 1. The molecule has 3 aliphatic rings. The maximum atomic E-state index is 13.6. The number of hydrogen-bond acceptors (Lipinski definition) is 8. The van der Waals surface area contributed by atoms with Crippen molar-refractivity contribution in [2.45, 2.75) is 50.3 Å². The maximum absolute atomic E-state index is 13.6. The predicted octanol–water partition coefficient (Wildman–Crippen LogP) is 2.89. The number of aliphatic hydroxyl groups excluding tert-OH is 1. The number of β-lactam (4-membered cyclic amide) rings is 1. The van der Waals surface area contributed by atoms with Crippen LogP contribution in [0.4, 0.5) is 11.4 Å². The molecule has 0 radical (unpaired) electrons. The molecule has 0 saturated carbocycles. The number of nitrogens with zero attached hydrogens (tertiary/aromatic N) is 2. The fourth-order valence-corrected chi connectivity index (χ4v) is 7.77. The number of carboxylic acid groups (broad SMARTS) is 2. The zero-order valence-electron chi connectivity index (χ0n) is 23.5. The number of aromatic carboxylic acids is 1. The minimum atomic E-state index is -1.18. The van der Waals surface area contributed by atoms with Crippen LogP contribution in [0.3, 0.4) is 0 Å². The van der Waals surface area contributed by atoms with Gasteiger partial charge in [0, 0.05) is 47.6 Å². The summed E-state index contributed by atoms with van der Waals surface area (Å²) in [5, 5.41) is 35.4. The molecule has 2 amide bonds. The summed E-state index contributed by atoms with van der Waals surface area (Å²) in [6.45, 7) is 4.40. The highest BCUT2D eigenvalue weighted by atomic mass is 32.2. The highest BCUT2D eigenvalue weighted by Crippen LogP contribution is 2.52. The van der Waals surface area contributed by atoms with Gasteiger partial charge in [-0.3, -0.25) is 14.5 Å². The Morgan fingerprint density at radius 2 is 1.79 bits per heavy atom. The second-order valence-electron chi connectivity index (χ2n) is 11.0. The van der Waals surface area contributed by atoms with Crippen LogP contribution in [0.15, 0.2) is 59.1 Å². The monoisotopic (exact) mass is 594 g/mol. The minimum absolute atomic E-state index is 0.0352. The van der Waals surface area contributed by atoms with Crippen LogP contribution in [0.2, 0.25) is 0 Å². The van der Waals surface area contributed by atoms with Crippen LogP contribution in [0.5, 0.6) is 0 Å². The molecule has 5 N–H and O–H groups in total. The molecule has 0 spiro atoms. The van der Waals surface area contributed by atoms with Crippen molar-refractivity contribution in [3.8, 4) is 0 Å². The molecule has 2 saturated heterocycles. The Morgan fingerprint density at radius 3 is 2.40 bits per heavy atom. The van der Waals surface area contributed by atoms with Gasteiger partial charge in [-0.1, -0.05) is 25.1 Å². The molecule has 0 unspecified atom stereocenters. The van der Waals surface area contributed by atoms with Gasteiger partial charge in [-0.2, -0.15) is 0 Å². The number of nitrogens with one attached hydrogen (secondary N) is 2. The van der Waals surface area contributed by atoms with Gasteiger partial charge >= 0.3 is 11.9 Å². The highest BCUT2D eigenvalue weighted by molar-refractivity contribution is 8.03. The number of hydrogen-bond donors (Lipinski definition) is 5. The Labute approximate surface area is 247 Å². The normalized spacial score (nSPS) is 26.0. The number of carboxylic acids is 2. The number of amides is 2. The molecule has 5 rings (SSSR count). The lowest BCUT2D eigenvalue weighted by molar-refractivity contribution is -0.163. The fraction of sp³-hybridized carbons (Fsp3) is 0.400. The first-order valence-electron chi connectivity index (χ1n) is 13.8. The van der Waals surface area contributed by atoms with Crippen molar-refractivity contribution < 1.29 is 34.5 Å². The molecule has 2 aromatic rings. The maximum Gasteiger partial charge on any atom is 0.353 e. The molecule has 2 fully saturated rings. The quantitative estimate of drug-likeness (QED) is 0.259. The number of anilines is 2. The second-order valence-corrected chi connectivity index (χ2v) is 12.4. The summed E-state index contributed by atoms with van der Waals surface area (Å²) < 4.78 is 0. The number of thioether (sulfide) groups is 1. The molecular weight excluding hydrogens is 560 g/mol. The van der Waals surface area contributed by atoms with Crippen LogP contribution in [0, 0.1) is 11.8 Å². The van der Waals surface area contributed by atoms with Crippen molar-refractivity contribution in [3.05, 3.63) is 70.3 Å². The number of likely N-dealkylation sites (tertiary alicyclic amines) is 1. The standard InChI is InChI=1S/C30H34N4O7S/c1-15-24-23(16(2)35)28(37)34(24)25(30(40)41)26(15)42-21-12-22(27(36)32-20-6-4-5-18(11-20)29(38)39)33(14-21)13-17-7-9-19(31-3)10-8-17/h4-11,15-16,21-24,31,35H,12-14H2,1-3H3,(H,32,36)(H,38,39)(H,40,41)/t15-,16-,21+,22+,23-,24-/m1/s1. The number of fused-ring (bicyclic) bond motifs is 1. The van der Waals surface area contributed by atoms with Crippen LogP contribution in [-0.2, 0) is 20.9 Å². The molecular formula is C30H34N4O7S. The Morgan fingerprint density at radius 1 is 1.07 bits per heavy atom. The van der Waals surface area contributed by atoms with E-state index in [1.165, 1.54) is 28.8 Å². The lowest BCUT2D eigenvalue weighted by Crippen LogP contribution is -2.63. The van der Waals surface area contributed by atoms with E-state index in [0.29, 0.717) is 30.1 Å². The molecule has 0 aliphatic carbocycles. The van der Waals surface area contributed by atoms with Crippen molar-refractivity contribution in [3.63, 3.8) is 0 Å². The highest BCUT2D eigenvalue weighted by Gasteiger charge is 2.60. The Bertz CT molecular complexity index is 1440. The van der Waals surface area contributed by atoms with E-state index in [1.807, 2.05) is 43.1 Å². The van der Waals surface area contributed by atoms with Crippen molar-refractivity contribution in [2.75, 3.05) is 24.2 Å². The van der Waals surface area contributed by atoms with Crippen LogP contribution in [-0.4, -0.2) is 85.9 Å². The predicted molar refractivity (Wildman–Crippen MR) is 158 cm³/mol. The van der Waals surface area contributed by atoms with Crippen LogP contribution in [0.25, 0.3) is 0 Å². The van der Waals surface area contributed by atoms with Gasteiger partial charge in [0.25, 0.3) is 0 Å². The van der Waals surface area contributed by atoms with Gasteiger partial charge in [0.15, 0.2) is 0 Å². The summed E-state index contributed by atoms with van der Waals surface area (Å²) in [6.07, 6.45) is -0.463. The van der Waals surface area contributed by atoms with Crippen molar-refractivity contribution >= 4 is 46.9 Å². The van der Waals surface area contributed by atoms with Gasteiger partial charge < -0.3 is 30.9 Å². The molecule has 0 aromatic heterocycles. The van der Waals surface area contributed by atoms with Crippen molar-refractivity contribution in [1.29, 1.82) is 0 Å². The van der Waals surface area contributed by atoms with E-state index in [2.05, 4.69) is 10.6 Å². The summed E-state index contributed by atoms with van der Waals surface area (Å²) in [4.78, 5) is 54.0. The molecule has 11 nitrogen and oxygen atoms in total. The zero-order valence-corrected chi connectivity index (χ0v) is 24.3. The number of benzene rings is 2. The number of carbonyl (C=O) groups excluding carboxylic acids is 2. The van der Waals surface area contributed by atoms with Gasteiger partial charge in [-0.15, -0.1) is 11.8 Å². The summed E-state index contributed by atoms with van der Waals surface area (Å²) in [5.41, 5.74) is 2.36. The van der Waals surface area contributed by atoms with E-state index < -0.39 is 36.0 Å². The number of carbonyl (C=O) groups is 4. The van der Waals surface area contributed by atoms with Gasteiger partial charge in [0.05, 0.1) is 29.7 Å². The SMILES string of the molecule is CNc1ccc(CN2C[C@@H](SC3=C(C(=O)O)N4C(=O)[C@H]([C@@H](C)O)[C@H]4[C@H]3C)C[C@H]2C(=O)Nc2cccc(C(=O)O)c2)cc1. The summed E-state index contributed by atoms with van der Waals surface area (Å²) >= 11 is 1.39. The summed E-state index contributed by atoms with van der Waals surface area (Å²) in [6, 6.07) is 13.0.